The predicted octanol–water partition coefficient (Wildman–Crippen LogP) is 3.13. The molecular weight excluding hydrogens is 337 g/mol. The maximum atomic E-state index is 12.8. The number of halogens is 3. The number of aromatic nitrogens is 1. The summed E-state index contributed by atoms with van der Waals surface area (Å²) in [5.41, 5.74) is 0.0757. The Morgan fingerprint density at radius 3 is 2.36 bits per heavy atom. The number of carbonyl (C=O) groups is 2. The van der Waals surface area contributed by atoms with Gasteiger partial charge in [0.25, 0.3) is 5.91 Å². The lowest BCUT2D eigenvalue weighted by Gasteiger charge is -2.30. The van der Waals surface area contributed by atoms with Crippen molar-refractivity contribution >= 4 is 22.8 Å². The SMILES string of the molecule is Cn1c(C(=O)N2CCC(C(=O)O)CC2)cc2cc(C(F)(F)F)ccc21. The van der Waals surface area contributed by atoms with E-state index in [1.807, 2.05) is 0 Å². The number of piperidine rings is 1. The molecule has 1 N–H and O–H groups in total. The van der Waals surface area contributed by atoms with Crippen LogP contribution >= 0.6 is 0 Å². The molecule has 1 amide bonds. The summed E-state index contributed by atoms with van der Waals surface area (Å²) in [5, 5.41) is 9.36. The molecule has 2 aromatic rings. The van der Waals surface area contributed by atoms with Gasteiger partial charge in [0, 0.05) is 31.0 Å². The normalized spacial score (nSPS) is 16.4. The molecule has 0 aliphatic carbocycles. The van der Waals surface area contributed by atoms with E-state index in [0.717, 1.165) is 12.1 Å². The second-order valence-corrected chi connectivity index (χ2v) is 6.26. The third kappa shape index (κ3) is 3.20. The number of aliphatic carboxylic acids is 1. The Morgan fingerprint density at radius 2 is 1.80 bits per heavy atom. The fraction of sp³-hybridized carbons (Fsp3) is 0.412. The standard InChI is InChI=1S/C17H17F3N2O3/c1-21-13-3-2-12(17(18,19)20)8-11(13)9-14(21)15(23)22-6-4-10(5-7-22)16(24)25/h2-3,8-10H,4-7H2,1H3,(H,24,25). The summed E-state index contributed by atoms with van der Waals surface area (Å²) in [7, 11) is 1.63. The highest BCUT2D eigenvalue weighted by Crippen LogP contribution is 2.32. The Labute approximate surface area is 141 Å². The average Bonchev–Trinajstić information content (AvgIpc) is 2.90. The summed E-state index contributed by atoms with van der Waals surface area (Å²) in [6, 6.07) is 4.83. The number of benzene rings is 1. The van der Waals surface area contributed by atoms with Gasteiger partial charge in [-0.05, 0) is 37.1 Å². The first-order valence-corrected chi connectivity index (χ1v) is 7.87. The Hall–Kier alpha value is -2.51. The highest BCUT2D eigenvalue weighted by Gasteiger charge is 2.32. The molecule has 1 aliphatic heterocycles. The summed E-state index contributed by atoms with van der Waals surface area (Å²) in [6.07, 6.45) is -3.68. The number of rotatable bonds is 2. The highest BCUT2D eigenvalue weighted by atomic mass is 19.4. The molecule has 5 nitrogen and oxygen atoms in total. The number of carboxylic acid groups (broad SMARTS) is 1. The zero-order valence-corrected chi connectivity index (χ0v) is 13.5. The van der Waals surface area contributed by atoms with Crippen LogP contribution in [0.4, 0.5) is 13.2 Å². The summed E-state index contributed by atoms with van der Waals surface area (Å²) >= 11 is 0. The van der Waals surface area contributed by atoms with Gasteiger partial charge < -0.3 is 14.6 Å². The second kappa shape index (κ2) is 6.09. The zero-order chi connectivity index (χ0) is 18.4. The Bertz CT molecular complexity index is 834. The lowest BCUT2D eigenvalue weighted by atomic mass is 9.97. The van der Waals surface area contributed by atoms with Gasteiger partial charge in [0.1, 0.15) is 5.69 Å². The lowest BCUT2D eigenvalue weighted by molar-refractivity contribution is -0.143. The molecule has 8 heteroatoms. The first-order chi connectivity index (χ1) is 11.7. The van der Waals surface area contributed by atoms with Crippen molar-refractivity contribution in [3.63, 3.8) is 0 Å². The van der Waals surface area contributed by atoms with E-state index >= 15 is 0 Å². The van der Waals surface area contributed by atoms with E-state index in [2.05, 4.69) is 0 Å². The van der Waals surface area contributed by atoms with Gasteiger partial charge in [-0.2, -0.15) is 13.2 Å². The molecule has 25 heavy (non-hydrogen) atoms. The number of hydrogen-bond acceptors (Lipinski definition) is 2. The molecule has 0 unspecified atom stereocenters. The maximum absolute atomic E-state index is 12.8. The Kier molecular flexibility index (Phi) is 4.22. The van der Waals surface area contributed by atoms with Gasteiger partial charge in [0.05, 0.1) is 11.5 Å². The second-order valence-electron chi connectivity index (χ2n) is 6.26. The highest BCUT2D eigenvalue weighted by molar-refractivity contribution is 5.99. The van der Waals surface area contributed by atoms with E-state index < -0.39 is 23.6 Å². The lowest BCUT2D eigenvalue weighted by Crippen LogP contribution is -2.40. The van der Waals surface area contributed by atoms with E-state index in [1.165, 1.54) is 12.1 Å². The van der Waals surface area contributed by atoms with Crippen LogP contribution in [0.2, 0.25) is 0 Å². The van der Waals surface area contributed by atoms with Gasteiger partial charge in [-0.3, -0.25) is 9.59 Å². The fourth-order valence-corrected chi connectivity index (χ4v) is 3.22. The smallest absolute Gasteiger partial charge is 0.416 e. The van der Waals surface area contributed by atoms with Crippen LogP contribution in [-0.2, 0) is 18.0 Å². The summed E-state index contributed by atoms with van der Waals surface area (Å²) in [6.45, 7) is 0.649. The van der Waals surface area contributed by atoms with Crippen molar-refractivity contribution in [1.29, 1.82) is 0 Å². The molecule has 3 rings (SSSR count). The first kappa shape index (κ1) is 17.3. The third-order valence-corrected chi connectivity index (χ3v) is 4.72. The van der Waals surface area contributed by atoms with Crippen LogP contribution in [0.5, 0.6) is 0 Å². The number of likely N-dealkylation sites (tertiary alicyclic amines) is 1. The molecule has 1 aromatic carbocycles. The molecule has 1 aromatic heterocycles. The quantitative estimate of drug-likeness (QED) is 0.901. The molecule has 0 radical (unpaired) electrons. The summed E-state index contributed by atoms with van der Waals surface area (Å²) in [4.78, 5) is 25.2. The van der Waals surface area contributed by atoms with Gasteiger partial charge in [-0.1, -0.05) is 0 Å². The van der Waals surface area contributed by atoms with E-state index in [1.54, 1.807) is 16.5 Å². The molecular formula is C17H17F3N2O3. The number of carboxylic acids is 1. The average molecular weight is 354 g/mol. The molecule has 2 heterocycles. The van der Waals surface area contributed by atoms with E-state index in [-0.39, 0.29) is 5.91 Å². The van der Waals surface area contributed by atoms with Gasteiger partial charge in [0.2, 0.25) is 0 Å². The summed E-state index contributed by atoms with van der Waals surface area (Å²) in [5.74, 6) is -1.61. The molecule has 0 atom stereocenters. The number of nitrogens with zero attached hydrogens (tertiary/aromatic N) is 2. The molecule has 1 aliphatic rings. The van der Waals surface area contributed by atoms with Gasteiger partial charge in [-0.15, -0.1) is 0 Å². The molecule has 0 spiro atoms. The van der Waals surface area contributed by atoms with Gasteiger partial charge in [0.15, 0.2) is 0 Å². The summed E-state index contributed by atoms with van der Waals surface area (Å²) < 4.78 is 40.1. The van der Waals surface area contributed by atoms with Gasteiger partial charge in [-0.25, -0.2) is 0 Å². The Morgan fingerprint density at radius 1 is 1.16 bits per heavy atom. The van der Waals surface area contributed by atoms with E-state index in [0.29, 0.717) is 42.5 Å². The van der Waals surface area contributed by atoms with Crippen LogP contribution in [0.25, 0.3) is 10.9 Å². The largest absolute Gasteiger partial charge is 0.481 e. The minimum atomic E-state index is -4.44. The van der Waals surface area contributed by atoms with Crippen LogP contribution in [0.3, 0.4) is 0 Å². The number of amides is 1. The number of alkyl halides is 3. The van der Waals surface area contributed by atoms with E-state index in [4.69, 9.17) is 5.11 Å². The maximum Gasteiger partial charge on any atom is 0.416 e. The van der Waals surface area contributed by atoms with Crippen LogP contribution in [0, 0.1) is 5.92 Å². The minimum absolute atomic E-state index is 0.295. The molecule has 0 saturated carbocycles. The van der Waals surface area contributed by atoms with Gasteiger partial charge >= 0.3 is 12.1 Å². The fourth-order valence-electron chi connectivity index (χ4n) is 3.22. The first-order valence-electron chi connectivity index (χ1n) is 7.87. The number of carbonyl (C=O) groups excluding carboxylic acids is 1. The van der Waals surface area contributed by atoms with Crippen molar-refractivity contribution in [1.82, 2.24) is 9.47 Å². The predicted molar refractivity (Wildman–Crippen MR) is 84.2 cm³/mol. The van der Waals surface area contributed by atoms with Crippen molar-refractivity contribution in [3.8, 4) is 0 Å². The topological polar surface area (TPSA) is 62.5 Å². The zero-order valence-electron chi connectivity index (χ0n) is 13.5. The monoisotopic (exact) mass is 354 g/mol. The number of aryl methyl sites for hydroxylation is 1. The number of fused-ring (bicyclic) bond motifs is 1. The van der Waals surface area contributed by atoms with Crippen molar-refractivity contribution in [3.05, 3.63) is 35.5 Å². The molecule has 1 fully saturated rings. The van der Waals surface area contributed by atoms with Crippen molar-refractivity contribution < 1.29 is 27.9 Å². The van der Waals surface area contributed by atoms with Crippen LogP contribution in [-0.4, -0.2) is 39.5 Å². The van der Waals surface area contributed by atoms with Crippen molar-refractivity contribution in [2.75, 3.05) is 13.1 Å². The van der Waals surface area contributed by atoms with Crippen LogP contribution in [0.15, 0.2) is 24.3 Å². The Balaban J connectivity index is 1.87. The molecule has 1 saturated heterocycles. The molecule has 0 bridgehead atoms. The van der Waals surface area contributed by atoms with Crippen molar-refractivity contribution in [2.45, 2.75) is 19.0 Å². The number of hydrogen-bond donors (Lipinski definition) is 1. The van der Waals surface area contributed by atoms with Crippen molar-refractivity contribution in [2.24, 2.45) is 13.0 Å². The third-order valence-electron chi connectivity index (χ3n) is 4.72. The minimum Gasteiger partial charge on any atom is -0.481 e. The van der Waals surface area contributed by atoms with E-state index in [9.17, 15) is 22.8 Å². The van der Waals surface area contributed by atoms with Crippen LogP contribution < -0.4 is 0 Å². The van der Waals surface area contributed by atoms with Crippen LogP contribution in [0.1, 0.15) is 28.9 Å². The molecule has 134 valence electrons.